The molecule has 0 radical (unpaired) electrons. The molecule has 0 aromatic heterocycles. The molecular weight excluding hydrogens is 260 g/mol. The summed E-state index contributed by atoms with van der Waals surface area (Å²) in [5, 5.41) is 2.26. The summed E-state index contributed by atoms with van der Waals surface area (Å²) in [6.07, 6.45) is 0. The molecule has 114 valence electrons. The van der Waals surface area contributed by atoms with Gasteiger partial charge in [-0.3, -0.25) is 0 Å². The lowest BCUT2D eigenvalue weighted by atomic mass is 10.0. The van der Waals surface area contributed by atoms with E-state index in [1.54, 1.807) is 0 Å². The van der Waals surface area contributed by atoms with Crippen LogP contribution in [0.25, 0.3) is 10.8 Å². The highest BCUT2D eigenvalue weighted by Crippen LogP contribution is 2.37. The summed E-state index contributed by atoms with van der Waals surface area (Å²) in [6.45, 7) is 12.2. The predicted molar refractivity (Wildman–Crippen MR) is 89.4 cm³/mol. The van der Waals surface area contributed by atoms with E-state index in [-0.39, 0.29) is 0 Å². The molecule has 0 spiro atoms. The van der Waals surface area contributed by atoms with Gasteiger partial charge >= 0.3 is 0 Å². The van der Waals surface area contributed by atoms with Gasteiger partial charge in [-0.1, -0.05) is 52.0 Å². The van der Waals surface area contributed by atoms with Crippen LogP contribution in [0.5, 0.6) is 11.5 Å². The number of ether oxygens (including phenoxy) is 2. The van der Waals surface area contributed by atoms with E-state index in [2.05, 4.69) is 52.8 Å². The van der Waals surface area contributed by atoms with Crippen LogP contribution in [0.2, 0.25) is 0 Å². The molecule has 0 aliphatic rings. The van der Waals surface area contributed by atoms with E-state index in [9.17, 15) is 0 Å². The second-order valence-corrected chi connectivity index (χ2v) is 6.48. The molecule has 0 atom stereocenters. The van der Waals surface area contributed by atoms with Gasteiger partial charge in [0, 0.05) is 0 Å². The Hall–Kier alpha value is -1.70. The number of fused-ring (bicyclic) bond motifs is 1. The van der Waals surface area contributed by atoms with E-state index in [0.29, 0.717) is 11.8 Å². The van der Waals surface area contributed by atoms with Gasteiger partial charge in [-0.05, 0) is 35.8 Å². The molecule has 2 heteroatoms. The molecular formula is C19H26O2. The fraction of sp³-hybridized carbons (Fsp3) is 0.474. The minimum atomic E-state index is 0.503. The van der Waals surface area contributed by atoms with Crippen molar-refractivity contribution >= 4 is 10.8 Å². The molecule has 0 saturated heterocycles. The standard InChI is InChI=1S/C19H26O2/c1-13(2)11-20-17-8-6-7-16-10-9-15(5)19(18(16)17)21-12-14(3)4/h6-10,13-14H,11-12H2,1-5H3. The SMILES string of the molecule is Cc1ccc2cccc(OCC(C)C)c2c1OCC(C)C. The molecule has 0 unspecified atom stereocenters. The highest BCUT2D eigenvalue weighted by molar-refractivity contribution is 5.94. The maximum absolute atomic E-state index is 6.08. The van der Waals surface area contributed by atoms with E-state index >= 15 is 0 Å². The summed E-state index contributed by atoms with van der Waals surface area (Å²) in [6, 6.07) is 10.4. The van der Waals surface area contributed by atoms with Gasteiger partial charge in [0.15, 0.2) is 0 Å². The Balaban J connectivity index is 2.45. The molecule has 0 aliphatic heterocycles. The maximum atomic E-state index is 6.08. The zero-order valence-corrected chi connectivity index (χ0v) is 13.8. The molecule has 0 fully saturated rings. The van der Waals surface area contributed by atoms with Gasteiger partial charge in [-0.25, -0.2) is 0 Å². The zero-order chi connectivity index (χ0) is 15.4. The van der Waals surface area contributed by atoms with Crippen LogP contribution in [0, 0.1) is 18.8 Å². The zero-order valence-electron chi connectivity index (χ0n) is 13.8. The molecule has 0 aliphatic carbocycles. The first kappa shape index (κ1) is 15.7. The van der Waals surface area contributed by atoms with Crippen LogP contribution in [-0.2, 0) is 0 Å². The van der Waals surface area contributed by atoms with Crippen molar-refractivity contribution in [1.82, 2.24) is 0 Å². The van der Waals surface area contributed by atoms with Gasteiger partial charge < -0.3 is 9.47 Å². The second kappa shape index (κ2) is 6.84. The van der Waals surface area contributed by atoms with E-state index < -0.39 is 0 Å². The summed E-state index contributed by atoms with van der Waals surface area (Å²) < 4.78 is 12.1. The summed E-state index contributed by atoms with van der Waals surface area (Å²) in [5.74, 6) is 2.89. The molecule has 2 rings (SSSR count). The third kappa shape index (κ3) is 3.90. The lowest BCUT2D eigenvalue weighted by Gasteiger charge is -2.17. The van der Waals surface area contributed by atoms with Gasteiger partial charge in [0.1, 0.15) is 11.5 Å². The fourth-order valence-corrected chi connectivity index (χ4v) is 2.23. The van der Waals surface area contributed by atoms with Crippen molar-refractivity contribution < 1.29 is 9.47 Å². The average Bonchev–Trinajstić information content (AvgIpc) is 2.43. The Morgan fingerprint density at radius 3 is 2.19 bits per heavy atom. The van der Waals surface area contributed by atoms with Gasteiger partial charge in [-0.15, -0.1) is 0 Å². The predicted octanol–water partition coefficient (Wildman–Crippen LogP) is 5.22. The van der Waals surface area contributed by atoms with Crippen LogP contribution in [0.1, 0.15) is 33.3 Å². The van der Waals surface area contributed by atoms with Crippen LogP contribution < -0.4 is 9.47 Å². The highest BCUT2D eigenvalue weighted by atomic mass is 16.5. The molecule has 2 nitrogen and oxygen atoms in total. The number of aryl methyl sites for hydroxylation is 1. The topological polar surface area (TPSA) is 18.5 Å². The Morgan fingerprint density at radius 1 is 0.857 bits per heavy atom. The summed E-state index contributed by atoms with van der Waals surface area (Å²) in [5.41, 5.74) is 1.16. The Bertz CT molecular complexity index is 600. The Morgan fingerprint density at radius 2 is 1.52 bits per heavy atom. The molecule has 2 aromatic rings. The number of benzene rings is 2. The Labute approximate surface area is 128 Å². The quantitative estimate of drug-likeness (QED) is 0.725. The first-order valence-electron chi connectivity index (χ1n) is 7.77. The second-order valence-electron chi connectivity index (χ2n) is 6.48. The molecule has 2 aromatic carbocycles. The average molecular weight is 286 g/mol. The third-order valence-corrected chi connectivity index (χ3v) is 3.29. The largest absolute Gasteiger partial charge is 0.493 e. The van der Waals surface area contributed by atoms with Crippen molar-refractivity contribution in [3.63, 3.8) is 0 Å². The minimum absolute atomic E-state index is 0.503. The van der Waals surface area contributed by atoms with Crippen LogP contribution in [-0.4, -0.2) is 13.2 Å². The summed E-state index contributed by atoms with van der Waals surface area (Å²) in [7, 11) is 0. The van der Waals surface area contributed by atoms with Crippen LogP contribution in [0.4, 0.5) is 0 Å². The Kier molecular flexibility index (Phi) is 5.11. The number of hydrogen-bond acceptors (Lipinski definition) is 2. The first-order valence-corrected chi connectivity index (χ1v) is 7.77. The van der Waals surface area contributed by atoms with Crippen molar-refractivity contribution in [3.8, 4) is 11.5 Å². The van der Waals surface area contributed by atoms with Gasteiger partial charge in [0.2, 0.25) is 0 Å². The molecule has 0 bridgehead atoms. The summed E-state index contributed by atoms with van der Waals surface area (Å²) in [4.78, 5) is 0. The van der Waals surface area contributed by atoms with Crippen molar-refractivity contribution in [2.75, 3.05) is 13.2 Å². The molecule has 21 heavy (non-hydrogen) atoms. The minimum Gasteiger partial charge on any atom is -0.493 e. The molecule has 0 saturated carbocycles. The maximum Gasteiger partial charge on any atom is 0.133 e. The van der Waals surface area contributed by atoms with Crippen LogP contribution >= 0.6 is 0 Å². The number of hydrogen-bond donors (Lipinski definition) is 0. The fourth-order valence-electron chi connectivity index (χ4n) is 2.23. The monoisotopic (exact) mass is 286 g/mol. The van der Waals surface area contributed by atoms with Gasteiger partial charge in [0.05, 0.1) is 18.6 Å². The molecule has 0 amide bonds. The smallest absolute Gasteiger partial charge is 0.133 e. The van der Waals surface area contributed by atoms with Crippen LogP contribution in [0.3, 0.4) is 0 Å². The molecule has 0 heterocycles. The lowest BCUT2D eigenvalue weighted by Crippen LogP contribution is -2.08. The van der Waals surface area contributed by atoms with E-state index in [1.807, 2.05) is 12.1 Å². The van der Waals surface area contributed by atoms with Crippen molar-refractivity contribution in [3.05, 3.63) is 35.9 Å². The van der Waals surface area contributed by atoms with E-state index in [4.69, 9.17) is 9.47 Å². The lowest BCUT2D eigenvalue weighted by molar-refractivity contribution is 0.263. The van der Waals surface area contributed by atoms with Gasteiger partial charge in [0.25, 0.3) is 0 Å². The molecule has 0 N–H and O–H groups in total. The summed E-state index contributed by atoms with van der Waals surface area (Å²) >= 11 is 0. The number of rotatable bonds is 6. The third-order valence-electron chi connectivity index (χ3n) is 3.29. The first-order chi connectivity index (χ1) is 9.99. The van der Waals surface area contributed by atoms with E-state index in [0.717, 1.165) is 35.7 Å². The van der Waals surface area contributed by atoms with Gasteiger partial charge in [-0.2, -0.15) is 0 Å². The van der Waals surface area contributed by atoms with E-state index in [1.165, 1.54) is 5.39 Å². The van der Waals surface area contributed by atoms with Crippen molar-refractivity contribution in [1.29, 1.82) is 0 Å². The van der Waals surface area contributed by atoms with Crippen LogP contribution in [0.15, 0.2) is 30.3 Å². The highest BCUT2D eigenvalue weighted by Gasteiger charge is 2.12. The van der Waals surface area contributed by atoms with Crippen molar-refractivity contribution in [2.24, 2.45) is 11.8 Å². The normalized spacial score (nSPS) is 11.4. The van der Waals surface area contributed by atoms with Crippen molar-refractivity contribution in [2.45, 2.75) is 34.6 Å².